The highest BCUT2D eigenvalue weighted by Crippen LogP contribution is 2.29. The SMILES string of the molecule is Cc1cc(C)c(-c2csc(NC(=O)CSc3nc4ccsc4c(=O)n3C)n2)cc1C. The topological polar surface area (TPSA) is 76.9 Å². The van der Waals surface area contributed by atoms with Crippen molar-refractivity contribution in [3.63, 3.8) is 0 Å². The van der Waals surface area contributed by atoms with E-state index >= 15 is 0 Å². The Kier molecular flexibility index (Phi) is 5.77. The molecule has 30 heavy (non-hydrogen) atoms. The molecule has 0 bridgehead atoms. The molecule has 1 amide bonds. The predicted molar refractivity (Wildman–Crippen MR) is 126 cm³/mol. The Morgan fingerprint density at radius 1 is 1.13 bits per heavy atom. The monoisotopic (exact) mass is 456 g/mol. The fourth-order valence-corrected chi connectivity index (χ4v) is 5.38. The van der Waals surface area contributed by atoms with Crippen LogP contribution in [0.4, 0.5) is 5.13 Å². The van der Waals surface area contributed by atoms with Crippen LogP contribution in [0.1, 0.15) is 16.7 Å². The maximum Gasteiger partial charge on any atom is 0.271 e. The van der Waals surface area contributed by atoms with E-state index in [1.165, 1.54) is 50.1 Å². The summed E-state index contributed by atoms with van der Waals surface area (Å²) in [5.41, 5.74) is 6.13. The lowest BCUT2D eigenvalue weighted by molar-refractivity contribution is -0.113. The van der Waals surface area contributed by atoms with E-state index in [1.807, 2.05) is 16.8 Å². The number of aromatic nitrogens is 3. The molecule has 0 atom stereocenters. The lowest BCUT2D eigenvalue weighted by Crippen LogP contribution is -2.20. The Bertz CT molecular complexity index is 1320. The van der Waals surface area contributed by atoms with Crippen LogP contribution in [0.3, 0.4) is 0 Å². The largest absolute Gasteiger partial charge is 0.301 e. The molecule has 0 unspecified atom stereocenters. The molecule has 0 saturated carbocycles. The zero-order valence-corrected chi connectivity index (χ0v) is 19.4. The zero-order valence-electron chi connectivity index (χ0n) is 17.0. The molecule has 0 aliphatic rings. The standard InChI is InChI=1S/C21H20N4O2S3/c1-11-7-13(3)14(8-12(11)2)16-9-29-20(22-16)24-17(26)10-30-21-23-15-5-6-28-18(15)19(27)25(21)4/h5-9H,10H2,1-4H3,(H,22,24,26). The molecule has 0 aliphatic heterocycles. The van der Waals surface area contributed by atoms with Crippen molar-refractivity contribution in [2.24, 2.45) is 7.05 Å². The van der Waals surface area contributed by atoms with Gasteiger partial charge in [-0.2, -0.15) is 0 Å². The number of thiazole rings is 1. The summed E-state index contributed by atoms with van der Waals surface area (Å²) >= 11 is 4.01. The molecule has 0 aliphatic carbocycles. The van der Waals surface area contributed by atoms with Gasteiger partial charge in [0.05, 0.1) is 17.0 Å². The lowest BCUT2D eigenvalue weighted by Gasteiger charge is -2.08. The van der Waals surface area contributed by atoms with Crippen molar-refractivity contribution in [3.05, 3.63) is 56.0 Å². The van der Waals surface area contributed by atoms with Gasteiger partial charge in [0.25, 0.3) is 5.56 Å². The first kappa shape index (κ1) is 20.8. The minimum atomic E-state index is -0.183. The van der Waals surface area contributed by atoms with Crippen LogP contribution in [-0.2, 0) is 11.8 Å². The van der Waals surface area contributed by atoms with Gasteiger partial charge in [0.1, 0.15) is 4.70 Å². The normalized spacial score (nSPS) is 11.2. The van der Waals surface area contributed by atoms with E-state index in [4.69, 9.17) is 0 Å². The number of anilines is 1. The van der Waals surface area contributed by atoms with Gasteiger partial charge in [-0.05, 0) is 55.0 Å². The Labute approximate surface area is 186 Å². The van der Waals surface area contributed by atoms with E-state index in [0.29, 0.717) is 20.5 Å². The molecular formula is C21H20N4O2S3. The summed E-state index contributed by atoms with van der Waals surface area (Å²) < 4.78 is 2.11. The second-order valence-corrected chi connectivity index (χ2v) is 9.74. The van der Waals surface area contributed by atoms with Crippen LogP contribution >= 0.6 is 34.4 Å². The number of thiophene rings is 1. The quantitative estimate of drug-likeness (QED) is 0.346. The number of nitrogens with one attached hydrogen (secondary N) is 1. The van der Waals surface area contributed by atoms with Crippen LogP contribution in [-0.4, -0.2) is 26.2 Å². The zero-order chi connectivity index (χ0) is 21.4. The van der Waals surface area contributed by atoms with E-state index < -0.39 is 0 Å². The van der Waals surface area contributed by atoms with Gasteiger partial charge in [-0.25, -0.2) is 9.97 Å². The van der Waals surface area contributed by atoms with Gasteiger partial charge in [0.15, 0.2) is 10.3 Å². The second-order valence-electron chi connectivity index (χ2n) is 7.02. The maximum atomic E-state index is 12.4. The molecule has 4 aromatic rings. The smallest absolute Gasteiger partial charge is 0.271 e. The van der Waals surface area contributed by atoms with Crippen LogP contribution in [0.5, 0.6) is 0 Å². The van der Waals surface area contributed by atoms with E-state index in [9.17, 15) is 9.59 Å². The molecule has 3 heterocycles. The molecule has 0 saturated heterocycles. The van der Waals surface area contributed by atoms with Gasteiger partial charge in [0.2, 0.25) is 5.91 Å². The molecule has 3 aromatic heterocycles. The van der Waals surface area contributed by atoms with E-state index in [1.54, 1.807) is 7.05 Å². The first-order valence-electron chi connectivity index (χ1n) is 9.24. The highest BCUT2D eigenvalue weighted by atomic mass is 32.2. The molecule has 6 nitrogen and oxygen atoms in total. The number of thioether (sulfide) groups is 1. The summed E-state index contributed by atoms with van der Waals surface area (Å²) in [6.45, 7) is 6.24. The summed E-state index contributed by atoms with van der Waals surface area (Å²) in [6.07, 6.45) is 0. The van der Waals surface area contributed by atoms with Crippen molar-refractivity contribution in [3.8, 4) is 11.3 Å². The van der Waals surface area contributed by atoms with Gasteiger partial charge in [-0.15, -0.1) is 22.7 Å². The number of benzene rings is 1. The summed E-state index contributed by atoms with van der Waals surface area (Å²) in [5, 5.41) is 7.73. The Morgan fingerprint density at radius 3 is 2.70 bits per heavy atom. The van der Waals surface area contributed by atoms with Crippen LogP contribution < -0.4 is 10.9 Å². The summed E-state index contributed by atoms with van der Waals surface area (Å²) in [4.78, 5) is 33.9. The third kappa shape index (κ3) is 4.05. The third-order valence-corrected chi connectivity index (χ3v) is 7.53. The van der Waals surface area contributed by atoms with Crippen LogP contribution in [0.2, 0.25) is 0 Å². The van der Waals surface area contributed by atoms with Crippen molar-refractivity contribution >= 4 is 55.7 Å². The molecular weight excluding hydrogens is 436 g/mol. The molecule has 154 valence electrons. The highest BCUT2D eigenvalue weighted by Gasteiger charge is 2.14. The predicted octanol–water partition coefficient (Wildman–Crippen LogP) is 4.77. The molecule has 4 rings (SSSR count). The number of hydrogen-bond donors (Lipinski definition) is 1. The number of nitrogens with zero attached hydrogens (tertiary/aromatic N) is 3. The van der Waals surface area contributed by atoms with Gasteiger partial charge in [-0.3, -0.25) is 14.2 Å². The van der Waals surface area contributed by atoms with Gasteiger partial charge < -0.3 is 5.32 Å². The number of rotatable bonds is 5. The molecule has 1 aromatic carbocycles. The lowest BCUT2D eigenvalue weighted by atomic mass is 9.99. The number of hydrogen-bond acceptors (Lipinski definition) is 7. The van der Waals surface area contributed by atoms with Crippen molar-refractivity contribution in [1.82, 2.24) is 14.5 Å². The van der Waals surface area contributed by atoms with E-state index in [0.717, 1.165) is 16.8 Å². The summed E-state index contributed by atoms with van der Waals surface area (Å²) in [7, 11) is 1.67. The minimum Gasteiger partial charge on any atom is -0.301 e. The Hall–Kier alpha value is -2.49. The molecule has 0 fully saturated rings. The van der Waals surface area contributed by atoms with Crippen LogP contribution in [0.15, 0.2) is 38.9 Å². The summed E-state index contributed by atoms with van der Waals surface area (Å²) in [5.74, 6) is -0.0367. The van der Waals surface area contributed by atoms with Crippen molar-refractivity contribution in [2.75, 3.05) is 11.1 Å². The first-order chi connectivity index (χ1) is 14.3. The third-order valence-electron chi connectivity index (χ3n) is 4.85. The fraction of sp³-hybridized carbons (Fsp3) is 0.238. The van der Waals surface area contributed by atoms with Gasteiger partial charge in [0, 0.05) is 18.0 Å². The van der Waals surface area contributed by atoms with E-state index in [2.05, 4.69) is 48.2 Å². The van der Waals surface area contributed by atoms with Crippen LogP contribution in [0, 0.1) is 20.8 Å². The van der Waals surface area contributed by atoms with Gasteiger partial charge in [-0.1, -0.05) is 17.8 Å². The summed E-state index contributed by atoms with van der Waals surface area (Å²) in [6, 6.07) is 6.10. The number of amides is 1. The molecule has 0 radical (unpaired) electrons. The van der Waals surface area contributed by atoms with Crippen molar-refractivity contribution in [2.45, 2.75) is 25.9 Å². The number of carbonyl (C=O) groups excluding carboxylic acids is 1. The Balaban J connectivity index is 1.45. The first-order valence-corrected chi connectivity index (χ1v) is 12.0. The molecule has 1 N–H and O–H groups in total. The molecule has 9 heteroatoms. The maximum absolute atomic E-state index is 12.4. The Morgan fingerprint density at radius 2 is 1.90 bits per heavy atom. The fourth-order valence-electron chi connectivity index (χ4n) is 3.07. The van der Waals surface area contributed by atoms with Crippen LogP contribution in [0.25, 0.3) is 21.5 Å². The van der Waals surface area contributed by atoms with Crippen molar-refractivity contribution in [1.29, 1.82) is 0 Å². The number of carbonyl (C=O) groups is 1. The number of fused-ring (bicyclic) bond motifs is 1. The average Bonchev–Trinajstić information content (AvgIpc) is 3.36. The highest BCUT2D eigenvalue weighted by molar-refractivity contribution is 7.99. The molecule has 0 spiro atoms. The minimum absolute atomic E-state index is 0.0914. The van der Waals surface area contributed by atoms with Gasteiger partial charge >= 0.3 is 0 Å². The van der Waals surface area contributed by atoms with E-state index in [-0.39, 0.29) is 17.2 Å². The second kappa shape index (κ2) is 8.33. The average molecular weight is 457 g/mol. The van der Waals surface area contributed by atoms with Crippen molar-refractivity contribution < 1.29 is 4.79 Å². The number of aryl methyl sites for hydroxylation is 3.